The average Bonchev–Trinajstić information content (AvgIpc) is 3.22. The van der Waals surface area contributed by atoms with Crippen molar-refractivity contribution in [1.29, 1.82) is 0 Å². The fraction of sp³-hybridized carbons (Fsp3) is 0.467. The summed E-state index contributed by atoms with van der Waals surface area (Å²) in [6, 6.07) is 6.29. The summed E-state index contributed by atoms with van der Waals surface area (Å²) in [5.74, 6) is 0.993. The van der Waals surface area contributed by atoms with Crippen LogP contribution in [0.1, 0.15) is 12.8 Å². The number of rotatable bonds is 3. The van der Waals surface area contributed by atoms with Gasteiger partial charge < -0.3 is 10.2 Å². The van der Waals surface area contributed by atoms with Crippen LogP contribution in [0.4, 0.5) is 5.69 Å². The van der Waals surface area contributed by atoms with Gasteiger partial charge in [0.2, 0.25) is 0 Å². The van der Waals surface area contributed by atoms with Gasteiger partial charge in [-0.2, -0.15) is 5.10 Å². The van der Waals surface area contributed by atoms with Crippen LogP contribution in [-0.4, -0.2) is 41.8 Å². The molecule has 1 aromatic heterocycles. The van der Waals surface area contributed by atoms with E-state index in [9.17, 15) is 0 Å². The Morgan fingerprint density at radius 1 is 1.24 bits per heavy atom. The number of benzene rings is 1. The number of nitrogens with zero attached hydrogens (tertiary/aromatic N) is 4. The maximum absolute atomic E-state index is 6.33. The summed E-state index contributed by atoms with van der Waals surface area (Å²) in [5.41, 5.74) is 2.36. The van der Waals surface area contributed by atoms with Crippen molar-refractivity contribution in [3.63, 3.8) is 0 Å². The number of aliphatic imine (C=N–C) groups is 1. The molecule has 1 N–H and O–H groups in total. The van der Waals surface area contributed by atoms with Crippen molar-refractivity contribution >= 4 is 34.0 Å². The Kier molecular flexibility index (Phi) is 3.22. The van der Waals surface area contributed by atoms with Crippen LogP contribution in [0, 0.1) is 0 Å². The topological polar surface area (TPSA) is 45.5 Å². The highest BCUT2D eigenvalue weighted by molar-refractivity contribution is 6.34. The lowest BCUT2D eigenvalue weighted by Gasteiger charge is -2.19. The fourth-order valence-corrected chi connectivity index (χ4v) is 3.44. The summed E-state index contributed by atoms with van der Waals surface area (Å²) in [6.45, 7) is 4.65. The normalized spacial score (nSPS) is 18.3. The molecule has 0 radical (unpaired) electrons. The number of halogens is 1. The van der Waals surface area contributed by atoms with E-state index in [1.54, 1.807) is 0 Å². The van der Waals surface area contributed by atoms with Crippen LogP contribution in [-0.2, 0) is 6.54 Å². The van der Waals surface area contributed by atoms with Crippen LogP contribution in [0.15, 0.2) is 23.2 Å². The Morgan fingerprint density at radius 2 is 2.10 bits per heavy atom. The quantitative estimate of drug-likeness (QED) is 0.946. The van der Waals surface area contributed by atoms with Crippen molar-refractivity contribution in [3.05, 3.63) is 23.4 Å². The van der Waals surface area contributed by atoms with Gasteiger partial charge in [-0.25, -0.2) is 0 Å². The number of para-hydroxylation sites is 1. The molecule has 5 nitrogen and oxygen atoms in total. The smallest absolute Gasteiger partial charge is 0.159 e. The third-order valence-corrected chi connectivity index (χ3v) is 4.47. The van der Waals surface area contributed by atoms with Crippen LogP contribution >= 0.6 is 11.6 Å². The summed E-state index contributed by atoms with van der Waals surface area (Å²) >= 11 is 6.33. The number of fused-ring (bicyclic) bond motifs is 1. The minimum absolute atomic E-state index is 0.574. The van der Waals surface area contributed by atoms with Gasteiger partial charge in [-0.1, -0.05) is 17.7 Å². The molecule has 0 saturated carbocycles. The first-order valence-electron chi connectivity index (χ1n) is 7.50. The van der Waals surface area contributed by atoms with Crippen LogP contribution in [0.3, 0.4) is 0 Å². The van der Waals surface area contributed by atoms with Crippen molar-refractivity contribution < 1.29 is 0 Å². The zero-order valence-electron chi connectivity index (χ0n) is 11.8. The predicted octanol–water partition coefficient (Wildman–Crippen LogP) is 2.29. The minimum Gasteiger partial charge on any atom is -0.370 e. The molecule has 1 aromatic carbocycles. The van der Waals surface area contributed by atoms with Gasteiger partial charge >= 0.3 is 0 Å². The van der Waals surface area contributed by atoms with Gasteiger partial charge in [0.1, 0.15) is 5.84 Å². The molecular weight excluding hydrogens is 286 g/mol. The van der Waals surface area contributed by atoms with E-state index in [4.69, 9.17) is 11.6 Å². The molecule has 3 heterocycles. The van der Waals surface area contributed by atoms with E-state index >= 15 is 0 Å². The van der Waals surface area contributed by atoms with Gasteiger partial charge in [-0.3, -0.25) is 9.67 Å². The molecule has 0 amide bonds. The molecule has 0 bridgehead atoms. The van der Waals surface area contributed by atoms with Crippen LogP contribution < -0.4 is 10.2 Å². The molecule has 2 aliphatic rings. The van der Waals surface area contributed by atoms with E-state index in [1.807, 2.05) is 10.7 Å². The molecular formula is C15H18ClN5. The van der Waals surface area contributed by atoms with E-state index in [0.29, 0.717) is 11.7 Å². The first-order valence-corrected chi connectivity index (χ1v) is 7.88. The lowest BCUT2D eigenvalue weighted by Crippen LogP contribution is -2.25. The highest BCUT2D eigenvalue weighted by atomic mass is 35.5. The molecule has 0 unspecified atom stereocenters. The maximum Gasteiger partial charge on any atom is 0.159 e. The molecule has 2 aliphatic heterocycles. The molecule has 0 atom stereocenters. The van der Waals surface area contributed by atoms with E-state index in [-0.39, 0.29) is 0 Å². The molecule has 0 spiro atoms. The first kappa shape index (κ1) is 13.0. The van der Waals surface area contributed by atoms with E-state index < -0.39 is 0 Å². The summed E-state index contributed by atoms with van der Waals surface area (Å²) in [6.07, 6.45) is 2.51. The van der Waals surface area contributed by atoms with Crippen LogP contribution in [0.5, 0.6) is 0 Å². The van der Waals surface area contributed by atoms with Gasteiger partial charge in [0.15, 0.2) is 5.15 Å². The second-order valence-corrected chi connectivity index (χ2v) is 5.93. The first-order chi connectivity index (χ1) is 10.3. The van der Waals surface area contributed by atoms with E-state index in [1.165, 1.54) is 18.5 Å². The predicted molar refractivity (Wildman–Crippen MR) is 86.5 cm³/mol. The summed E-state index contributed by atoms with van der Waals surface area (Å²) in [4.78, 5) is 6.89. The van der Waals surface area contributed by atoms with Gasteiger partial charge in [-0.05, 0) is 25.0 Å². The second kappa shape index (κ2) is 5.22. The number of hydrogen-bond acceptors (Lipinski definition) is 4. The number of aromatic nitrogens is 2. The molecule has 6 heteroatoms. The van der Waals surface area contributed by atoms with Crippen LogP contribution in [0.2, 0.25) is 5.15 Å². The highest BCUT2D eigenvalue weighted by Gasteiger charge is 2.20. The number of hydrogen-bond donors (Lipinski definition) is 1. The second-order valence-electron chi connectivity index (χ2n) is 5.57. The van der Waals surface area contributed by atoms with Crippen molar-refractivity contribution in [1.82, 2.24) is 15.1 Å². The minimum atomic E-state index is 0.574. The summed E-state index contributed by atoms with van der Waals surface area (Å²) in [5, 5.41) is 9.42. The van der Waals surface area contributed by atoms with Crippen molar-refractivity contribution in [2.75, 3.05) is 31.1 Å². The summed E-state index contributed by atoms with van der Waals surface area (Å²) in [7, 11) is 0. The largest absolute Gasteiger partial charge is 0.370 e. The maximum atomic E-state index is 6.33. The Bertz CT molecular complexity index is 699. The molecule has 21 heavy (non-hydrogen) atoms. The van der Waals surface area contributed by atoms with E-state index in [2.05, 4.69) is 32.4 Å². The fourth-order valence-electron chi connectivity index (χ4n) is 3.20. The molecule has 4 rings (SSSR count). The SMILES string of the molecule is Clc1nn(CC2=NCCN2)c2c(N3CCCC3)cccc12. The van der Waals surface area contributed by atoms with Gasteiger partial charge in [0.25, 0.3) is 0 Å². The van der Waals surface area contributed by atoms with Crippen LogP contribution in [0.25, 0.3) is 10.9 Å². The number of anilines is 1. The zero-order valence-corrected chi connectivity index (χ0v) is 12.6. The standard InChI is InChI=1S/C15H18ClN5/c16-15-11-4-3-5-12(20-8-1-2-9-20)14(11)21(19-15)10-13-17-6-7-18-13/h3-5H,1-2,6-10H2,(H,17,18). The zero-order chi connectivity index (χ0) is 14.2. The molecule has 110 valence electrons. The third kappa shape index (κ3) is 2.25. The van der Waals surface area contributed by atoms with Crippen molar-refractivity contribution in [2.45, 2.75) is 19.4 Å². The number of nitrogens with one attached hydrogen (secondary N) is 1. The van der Waals surface area contributed by atoms with Gasteiger partial charge in [0, 0.05) is 25.0 Å². The summed E-state index contributed by atoms with van der Waals surface area (Å²) < 4.78 is 1.99. The van der Waals surface area contributed by atoms with E-state index in [0.717, 1.165) is 42.9 Å². The molecule has 2 aromatic rings. The number of amidine groups is 1. The Hall–Kier alpha value is -1.75. The molecule has 1 saturated heterocycles. The van der Waals surface area contributed by atoms with Crippen molar-refractivity contribution in [3.8, 4) is 0 Å². The Labute approximate surface area is 128 Å². The molecule has 0 aliphatic carbocycles. The highest BCUT2D eigenvalue weighted by Crippen LogP contribution is 2.33. The van der Waals surface area contributed by atoms with Gasteiger partial charge in [0.05, 0.1) is 24.3 Å². The monoisotopic (exact) mass is 303 g/mol. The molecule has 1 fully saturated rings. The lowest BCUT2D eigenvalue weighted by atomic mass is 10.2. The van der Waals surface area contributed by atoms with Crippen molar-refractivity contribution in [2.24, 2.45) is 4.99 Å². The Morgan fingerprint density at radius 3 is 2.86 bits per heavy atom. The Balaban J connectivity index is 1.81. The van der Waals surface area contributed by atoms with Gasteiger partial charge in [-0.15, -0.1) is 0 Å². The third-order valence-electron chi connectivity index (χ3n) is 4.19. The average molecular weight is 304 g/mol. The lowest BCUT2D eigenvalue weighted by molar-refractivity contribution is 0.737.